The highest BCUT2D eigenvalue weighted by Crippen LogP contribution is 2.23. The van der Waals surface area contributed by atoms with Crippen molar-refractivity contribution in [3.63, 3.8) is 0 Å². The minimum atomic E-state index is -4.10. The first-order valence-electron chi connectivity index (χ1n) is 5.89. The Morgan fingerprint density at radius 1 is 1.21 bits per heavy atom. The molecule has 0 spiro atoms. The number of alkyl halides is 4. The van der Waals surface area contributed by atoms with E-state index >= 15 is 0 Å². The minimum absolute atomic E-state index is 0.125. The van der Waals surface area contributed by atoms with Crippen LogP contribution in [0.1, 0.15) is 24.0 Å². The summed E-state index contributed by atoms with van der Waals surface area (Å²) in [6, 6.07) is 7.06. The normalized spacial score (nSPS) is 13.8. The predicted octanol–water partition coefficient (Wildman–Crippen LogP) is 3.17. The summed E-state index contributed by atoms with van der Waals surface area (Å²) in [5.41, 5.74) is 7.20. The number of halogens is 4. The molecule has 1 aromatic carbocycles. The maximum atomic E-state index is 12.6. The van der Waals surface area contributed by atoms with E-state index in [1.54, 1.807) is 12.1 Å². The van der Waals surface area contributed by atoms with Crippen LogP contribution in [0.25, 0.3) is 0 Å². The molecule has 0 fully saturated rings. The van der Waals surface area contributed by atoms with Gasteiger partial charge in [0.1, 0.15) is 6.61 Å². The van der Waals surface area contributed by atoms with Gasteiger partial charge in [0.15, 0.2) is 0 Å². The fourth-order valence-corrected chi connectivity index (χ4v) is 1.45. The predicted molar refractivity (Wildman–Crippen MR) is 64.5 cm³/mol. The van der Waals surface area contributed by atoms with Crippen LogP contribution in [-0.4, -0.2) is 25.5 Å². The lowest BCUT2D eigenvalue weighted by atomic mass is 10.0. The molecule has 0 saturated heterocycles. The molecule has 1 aromatic rings. The van der Waals surface area contributed by atoms with Crippen molar-refractivity contribution in [1.29, 1.82) is 0 Å². The van der Waals surface area contributed by atoms with Crippen LogP contribution >= 0.6 is 0 Å². The molecular formula is C13H17F4NO. The lowest BCUT2D eigenvalue weighted by molar-refractivity contribution is -0.168. The SMILES string of the molecule is CC(CN)c1ccc(COCC(F)(F)C(F)F)cc1. The Balaban J connectivity index is 2.47. The van der Waals surface area contributed by atoms with Gasteiger partial charge in [0, 0.05) is 0 Å². The molecule has 1 atom stereocenters. The van der Waals surface area contributed by atoms with Gasteiger partial charge in [0.05, 0.1) is 6.61 Å². The Bertz CT molecular complexity index is 381. The van der Waals surface area contributed by atoms with Crippen molar-refractivity contribution in [2.75, 3.05) is 13.2 Å². The van der Waals surface area contributed by atoms with Gasteiger partial charge in [0.25, 0.3) is 0 Å². The summed E-state index contributed by atoms with van der Waals surface area (Å²) in [5.74, 6) is -3.90. The van der Waals surface area contributed by atoms with E-state index in [1.807, 2.05) is 19.1 Å². The average molecular weight is 279 g/mol. The van der Waals surface area contributed by atoms with E-state index in [2.05, 4.69) is 4.74 Å². The molecule has 0 amide bonds. The number of ether oxygens (including phenoxy) is 1. The third-order valence-corrected chi connectivity index (χ3v) is 2.78. The molecule has 2 N–H and O–H groups in total. The van der Waals surface area contributed by atoms with Crippen molar-refractivity contribution in [3.05, 3.63) is 35.4 Å². The van der Waals surface area contributed by atoms with Crippen LogP contribution in [0.4, 0.5) is 17.6 Å². The van der Waals surface area contributed by atoms with E-state index < -0.39 is 19.0 Å². The van der Waals surface area contributed by atoms with E-state index in [-0.39, 0.29) is 12.5 Å². The lowest BCUT2D eigenvalue weighted by Crippen LogP contribution is -2.32. The third-order valence-electron chi connectivity index (χ3n) is 2.78. The summed E-state index contributed by atoms with van der Waals surface area (Å²) < 4.78 is 53.5. The van der Waals surface area contributed by atoms with Crippen molar-refractivity contribution in [3.8, 4) is 0 Å². The Morgan fingerprint density at radius 3 is 2.26 bits per heavy atom. The van der Waals surface area contributed by atoms with Gasteiger partial charge >= 0.3 is 12.3 Å². The van der Waals surface area contributed by atoms with Gasteiger partial charge in [-0.25, -0.2) is 8.78 Å². The fraction of sp³-hybridized carbons (Fsp3) is 0.538. The first-order chi connectivity index (χ1) is 8.86. The molecule has 6 heteroatoms. The van der Waals surface area contributed by atoms with Gasteiger partial charge in [-0.2, -0.15) is 8.78 Å². The summed E-state index contributed by atoms with van der Waals surface area (Å²) in [6.45, 7) is 1.07. The van der Waals surface area contributed by atoms with Crippen molar-refractivity contribution in [2.45, 2.75) is 31.8 Å². The molecule has 0 aromatic heterocycles. The molecule has 1 unspecified atom stereocenters. The quantitative estimate of drug-likeness (QED) is 0.778. The van der Waals surface area contributed by atoms with E-state index in [0.29, 0.717) is 12.1 Å². The van der Waals surface area contributed by atoms with Crippen LogP contribution in [0, 0.1) is 0 Å². The van der Waals surface area contributed by atoms with Crippen molar-refractivity contribution in [1.82, 2.24) is 0 Å². The zero-order chi connectivity index (χ0) is 14.5. The second kappa shape index (κ2) is 6.86. The van der Waals surface area contributed by atoms with Crippen molar-refractivity contribution >= 4 is 0 Å². The highest BCUT2D eigenvalue weighted by molar-refractivity contribution is 5.24. The van der Waals surface area contributed by atoms with Crippen molar-refractivity contribution in [2.24, 2.45) is 5.73 Å². The lowest BCUT2D eigenvalue weighted by Gasteiger charge is -2.15. The molecule has 0 heterocycles. The standard InChI is InChI=1S/C13H17F4NO/c1-9(6-18)11-4-2-10(3-5-11)7-19-8-13(16,17)12(14)15/h2-5,9,12H,6-8,18H2,1H3. The molecule has 0 radical (unpaired) electrons. The maximum Gasteiger partial charge on any atom is 0.330 e. The van der Waals surface area contributed by atoms with Gasteiger partial charge in [-0.15, -0.1) is 0 Å². The average Bonchev–Trinajstić information content (AvgIpc) is 2.38. The van der Waals surface area contributed by atoms with Gasteiger partial charge < -0.3 is 10.5 Å². The molecule has 1 rings (SSSR count). The molecule has 0 aliphatic heterocycles. The Morgan fingerprint density at radius 2 is 1.79 bits per heavy atom. The summed E-state index contributed by atoms with van der Waals surface area (Å²) in [4.78, 5) is 0. The van der Waals surface area contributed by atoms with Crippen LogP contribution in [0.3, 0.4) is 0 Å². The molecule has 0 saturated carbocycles. The van der Waals surface area contributed by atoms with E-state index in [4.69, 9.17) is 5.73 Å². The summed E-state index contributed by atoms with van der Waals surface area (Å²) in [6.07, 6.45) is -3.71. The first-order valence-corrected chi connectivity index (χ1v) is 5.89. The summed E-state index contributed by atoms with van der Waals surface area (Å²) in [5, 5.41) is 0. The zero-order valence-corrected chi connectivity index (χ0v) is 10.6. The van der Waals surface area contributed by atoms with E-state index in [0.717, 1.165) is 5.56 Å². The fourth-order valence-electron chi connectivity index (χ4n) is 1.45. The molecular weight excluding hydrogens is 262 g/mol. The van der Waals surface area contributed by atoms with Gasteiger partial charge in [-0.1, -0.05) is 31.2 Å². The zero-order valence-electron chi connectivity index (χ0n) is 10.6. The molecule has 0 aliphatic rings. The van der Waals surface area contributed by atoms with Crippen LogP contribution in [0.5, 0.6) is 0 Å². The van der Waals surface area contributed by atoms with Gasteiger partial charge in [0.2, 0.25) is 0 Å². The minimum Gasteiger partial charge on any atom is -0.370 e. The van der Waals surface area contributed by atoms with Gasteiger partial charge in [-0.3, -0.25) is 0 Å². The highest BCUT2D eigenvalue weighted by Gasteiger charge is 2.40. The number of hydrogen-bond donors (Lipinski definition) is 1. The van der Waals surface area contributed by atoms with Crippen LogP contribution in [-0.2, 0) is 11.3 Å². The first kappa shape index (κ1) is 15.9. The monoisotopic (exact) mass is 279 g/mol. The van der Waals surface area contributed by atoms with Crippen LogP contribution < -0.4 is 5.73 Å². The van der Waals surface area contributed by atoms with E-state index in [1.165, 1.54) is 0 Å². The Kier molecular flexibility index (Phi) is 5.75. The van der Waals surface area contributed by atoms with Crippen LogP contribution in [0.2, 0.25) is 0 Å². The molecule has 19 heavy (non-hydrogen) atoms. The summed E-state index contributed by atoms with van der Waals surface area (Å²) in [7, 11) is 0. The largest absolute Gasteiger partial charge is 0.370 e. The van der Waals surface area contributed by atoms with Crippen molar-refractivity contribution < 1.29 is 22.3 Å². The maximum absolute atomic E-state index is 12.6. The molecule has 0 aliphatic carbocycles. The Labute approximate surface area is 109 Å². The third kappa shape index (κ3) is 4.80. The highest BCUT2D eigenvalue weighted by atomic mass is 19.3. The van der Waals surface area contributed by atoms with E-state index in [9.17, 15) is 17.6 Å². The number of hydrogen-bond acceptors (Lipinski definition) is 2. The number of benzene rings is 1. The molecule has 0 bridgehead atoms. The smallest absolute Gasteiger partial charge is 0.330 e. The molecule has 2 nitrogen and oxygen atoms in total. The second-order valence-electron chi connectivity index (χ2n) is 4.43. The second-order valence-corrected chi connectivity index (χ2v) is 4.43. The molecule has 108 valence electrons. The topological polar surface area (TPSA) is 35.2 Å². The number of rotatable bonds is 7. The van der Waals surface area contributed by atoms with Gasteiger partial charge in [-0.05, 0) is 23.6 Å². The summed E-state index contributed by atoms with van der Waals surface area (Å²) >= 11 is 0. The Hall–Kier alpha value is -1.14. The number of nitrogens with two attached hydrogens (primary N) is 1. The van der Waals surface area contributed by atoms with Crippen LogP contribution in [0.15, 0.2) is 24.3 Å².